The molecule has 0 amide bonds. The second-order valence-electron chi connectivity index (χ2n) is 7.25. The van der Waals surface area contributed by atoms with Crippen molar-refractivity contribution in [1.29, 1.82) is 0 Å². The normalized spacial score (nSPS) is 26.5. The highest BCUT2D eigenvalue weighted by Crippen LogP contribution is 2.37. The van der Waals surface area contributed by atoms with Gasteiger partial charge in [0.1, 0.15) is 12.7 Å². The Hall–Kier alpha value is -1.27. The summed E-state index contributed by atoms with van der Waals surface area (Å²) in [5.41, 5.74) is -1.47. The molecule has 1 aliphatic heterocycles. The van der Waals surface area contributed by atoms with Gasteiger partial charge in [-0.05, 0) is 12.8 Å². The van der Waals surface area contributed by atoms with Crippen molar-refractivity contribution in [2.45, 2.75) is 77.5 Å². The minimum Gasteiger partial charge on any atom is -0.453 e. The zero-order valence-electron chi connectivity index (χ0n) is 18.4. The van der Waals surface area contributed by atoms with Gasteiger partial charge in [0.05, 0.1) is 12.9 Å². The Morgan fingerprint density at radius 2 is 1.57 bits per heavy atom. The predicted octanol–water partition coefficient (Wildman–Crippen LogP) is 1.55. The molecule has 4 atom stereocenters. The van der Waals surface area contributed by atoms with Crippen LogP contribution in [0.4, 0.5) is 0 Å². The lowest BCUT2D eigenvalue weighted by molar-refractivity contribution is -0.216. The summed E-state index contributed by atoms with van der Waals surface area (Å²) in [6.07, 6.45) is 0.771. The molecule has 1 rings (SSSR count). The summed E-state index contributed by atoms with van der Waals surface area (Å²) in [5, 5.41) is 0. The number of ether oxygens (including phenoxy) is 5. The van der Waals surface area contributed by atoms with Crippen molar-refractivity contribution in [3.63, 3.8) is 0 Å². The molecule has 10 nitrogen and oxygen atoms in total. The van der Waals surface area contributed by atoms with E-state index >= 15 is 0 Å². The van der Waals surface area contributed by atoms with E-state index < -0.39 is 52.8 Å². The van der Waals surface area contributed by atoms with E-state index in [4.69, 9.17) is 27.9 Å². The summed E-state index contributed by atoms with van der Waals surface area (Å²) in [5.74, 6) is -1.28. The lowest BCUT2D eigenvalue weighted by Gasteiger charge is -2.33. The molecule has 0 bridgehead atoms. The molecule has 0 aromatic rings. The number of esters is 2. The highest BCUT2D eigenvalue weighted by Gasteiger charge is 2.60. The van der Waals surface area contributed by atoms with Crippen LogP contribution in [0.25, 0.3) is 0 Å². The molecule has 0 aromatic heterocycles. The largest absolute Gasteiger partial charge is 0.453 e. The van der Waals surface area contributed by atoms with Crippen LogP contribution in [0.5, 0.6) is 0 Å². The molecule has 0 N–H and O–H groups in total. The van der Waals surface area contributed by atoms with E-state index in [2.05, 4.69) is 0 Å². The highest BCUT2D eigenvalue weighted by molar-refractivity contribution is 7.85. The molecular weight excluding hydrogens is 420 g/mol. The Kier molecular flexibility index (Phi) is 11.2. The fourth-order valence-corrected chi connectivity index (χ4v) is 3.36. The van der Waals surface area contributed by atoms with Gasteiger partial charge in [0.2, 0.25) is 6.29 Å². The predicted molar refractivity (Wildman–Crippen MR) is 106 cm³/mol. The summed E-state index contributed by atoms with van der Waals surface area (Å²) in [7, 11) is -3.82. The number of unbranched alkanes of at least 4 members (excludes halogenated alkanes) is 2. The first-order chi connectivity index (χ1) is 14.0. The monoisotopic (exact) mass is 454 g/mol. The summed E-state index contributed by atoms with van der Waals surface area (Å²) in [6.45, 7) is 6.52. The maximum atomic E-state index is 11.7. The van der Waals surface area contributed by atoms with Gasteiger partial charge in [0.25, 0.3) is 10.1 Å². The van der Waals surface area contributed by atoms with Gasteiger partial charge in [0.15, 0.2) is 11.7 Å². The first-order valence-corrected chi connectivity index (χ1v) is 11.9. The molecule has 11 heteroatoms. The summed E-state index contributed by atoms with van der Waals surface area (Å²) >= 11 is 0. The van der Waals surface area contributed by atoms with Gasteiger partial charge in [-0.15, -0.1) is 0 Å². The van der Waals surface area contributed by atoms with Crippen molar-refractivity contribution in [1.82, 2.24) is 0 Å². The van der Waals surface area contributed by atoms with E-state index in [1.807, 2.05) is 13.8 Å². The fraction of sp³-hybridized carbons (Fsp3) is 0.895. The SMILES string of the molecule is CCCCOC[C@@]1(COS(C)(=O)=O)O[C@@H](OC(C)=O)[C@@H](OC(C)=O)C1OCCCC. The molecule has 0 radical (unpaired) electrons. The summed E-state index contributed by atoms with van der Waals surface area (Å²) in [6, 6.07) is 0. The van der Waals surface area contributed by atoms with Gasteiger partial charge in [-0.3, -0.25) is 13.8 Å². The molecular formula is C19H34O10S. The van der Waals surface area contributed by atoms with Crippen LogP contribution in [-0.2, 0) is 47.6 Å². The molecule has 0 spiro atoms. The number of hydrogen-bond donors (Lipinski definition) is 0. The Bertz CT molecular complexity index is 650. The first kappa shape index (κ1) is 26.8. The van der Waals surface area contributed by atoms with Gasteiger partial charge in [-0.25, -0.2) is 0 Å². The lowest BCUT2D eigenvalue weighted by Crippen LogP contribution is -2.53. The fourth-order valence-electron chi connectivity index (χ4n) is 2.94. The van der Waals surface area contributed by atoms with Crippen LogP contribution in [0.3, 0.4) is 0 Å². The molecule has 1 heterocycles. The van der Waals surface area contributed by atoms with E-state index in [9.17, 15) is 18.0 Å². The van der Waals surface area contributed by atoms with Crippen LogP contribution in [0.1, 0.15) is 53.4 Å². The smallest absolute Gasteiger partial charge is 0.305 e. The van der Waals surface area contributed by atoms with Crippen LogP contribution in [0, 0.1) is 0 Å². The molecule has 1 saturated heterocycles. The average molecular weight is 455 g/mol. The Morgan fingerprint density at radius 1 is 0.967 bits per heavy atom. The first-order valence-electron chi connectivity index (χ1n) is 10.1. The third-order valence-corrected chi connectivity index (χ3v) is 4.87. The molecule has 30 heavy (non-hydrogen) atoms. The van der Waals surface area contributed by atoms with Crippen LogP contribution in [0.15, 0.2) is 0 Å². The Morgan fingerprint density at radius 3 is 2.10 bits per heavy atom. The topological polar surface area (TPSA) is 124 Å². The third-order valence-electron chi connectivity index (χ3n) is 4.32. The van der Waals surface area contributed by atoms with Crippen molar-refractivity contribution in [3.8, 4) is 0 Å². The second kappa shape index (κ2) is 12.6. The molecule has 176 valence electrons. The minimum atomic E-state index is -3.82. The van der Waals surface area contributed by atoms with Gasteiger partial charge < -0.3 is 23.7 Å². The van der Waals surface area contributed by atoms with E-state index in [-0.39, 0.29) is 6.61 Å². The van der Waals surface area contributed by atoms with E-state index in [0.717, 1.165) is 25.5 Å². The van der Waals surface area contributed by atoms with Crippen LogP contribution in [-0.4, -0.2) is 77.1 Å². The minimum absolute atomic E-state index is 0.102. The van der Waals surface area contributed by atoms with Gasteiger partial charge >= 0.3 is 11.9 Å². The van der Waals surface area contributed by atoms with Crippen molar-refractivity contribution in [2.24, 2.45) is 0 Å². The van der Waals surface area contributed by atoms with Crippen molar-refractivity contribution in [2.75, 3.05) is 32.7 Å². The summed E-state index contributed by atoms with van der Waals surface area (Å²) < 4.78 is 56.5. The third kappa shape index (κ3) is 8.84. The molecule has 1 aliphatic rings. The molecule has 1 fully saturated rings. The standard InChI is InChI=1S/C19H34O10S/c1-6-8-10-24-12-19(13-26-30(5,22)23)17(25-11-9-7-2)16(27-14(3)20)18(29-19)28-15(4)21/h16-18H,6-13H2,1-5H3/t16-,17?,18+,19-/m0/s1. The summed E-state index contributed by atoms with van der Waals surface area (Å²) in [4.78, 5) is 23.3. The maximum absolute atomic E-state index is 11.7. The van der Waals surface area contributed by atoms with E-state index in [0.29, 0.717) is 19.6 Å². The maximum Gasteiger partial charge on any atom is 0.305 e. The number of rotatable bonds is 14. The van der Waals surface area contributed by atoms with E-state index in [1.165, 1.54) is 13.8 Å². The van der Waals surface area contributed by atoms with Crippen LogP contribution < -0.4 is 0 Å². The van der Waals surface area contributed by atoms with Crippen molar-refractivity contribution in [3.05, 3.63) is 0 Å². The number of hydrogen-bond acceptors (Lipinski definition) is 10. The lowest BCUT2D eigenvalue weighted by atomic mass is 9.96. The molecule has 0 aromatic carbocycles. The quantitative estimate of drug-likeness (QED) is 0.217. The molecule has 0 saturated carbocycles. The van der Waals surface area contributed by atoms with Crippen LogP contribution in [0.2, 0.25) is 0 Å². The molecule has 0 aliphatic carbocycles. The van der Waals surface area contributed by atoms with Crippen molar-refractivity contribution >= 4 is 22.1 Å². The Labute approximate surface area is 178 Å². The van der Waals surface area contributed by atoms with Gasteiger partial charge in [0, 0.05) is 27.1 Å². The number of carbonyl (C=O) groups is 2. The van der Waals surface area contributed by atoms with Crippen LogP contribution >= 0.6 is 0 Å². The van der Waals surface area contributed by atoms with Gasteiger partial charge in [-0.1, -0.05) is 26.7 Å². The molecule has 1 unspecified atom stereocenters. The highest BCUT2D eigenvalue weighted by atomic mass is 32.2. The number of carbonyl (C=O) groups excluding carboxylic acids is 2. The zero-order valence-corrected chi connectivity index (χ0v) is 19.2. The van der Waals surface area contributed by atoms with Crippen molar-refractivity contribution < 1.29 is 45.9 Å². The second-order valence-corrected chi connectivity index (χ2v) is 8.90. The van der Waals surface area contributed by atoms with Gasteiger partial charge in [-0.2, -0.15) is 8.42 Å². The average Bonchev–Trinajstić information content (AvgIpc) is 2.89. The van der Waals surface area contributed by atoms with E-state index in [1.54, 1.807) is 0 Å². The zero-order chi connectivity index (χ0) is 22.8. The Balaban J connectivity index is 3.26.